The molecule has 0 N–H and O–H groups in total. The number of ether oxygens (including phenoxy) is 2. The largest absolute Gasteiger partial charge is 0.354 e. The van der Waals surface area contributed by atoms with E-state index < -0.39 is 22.1 Å². The van der Waals surface area contributed by atoms with Crippen molar-refractivity contribution in [2.45, 2.75) is 11.2 Å². The summed E-state index contributed by atoms with van der Waals surface area (Å²) in [5.74, 6) is -0.692. The Labute approximate surface area is 115 Å². The topological polar surface area (TPSA) is 55.8 Å². The molecule has 1 fully saturated rings. The van der Waals surface area contributed by atoms with E-state index in [1.165, 1.54) is 17.5 Å². The maximum absolute atomic E-state index is 13.3. The molecule has 1 atom stereocenters. The van der Waals surface area contributed by atoms with Gasteiger partial charge in [0.15, 0.2) is 6.29 Å². The van der Waals surface area contributed by atoms with Gasteiger partial charge in [0.25, 0.3) is 0 Å². The Morgan fingerprint density at radius 2 is 2.21 bits per heavy atom. The second kappa shape index (κ2) is 5.72. The van der Waals surface area contributed by atoms with Crippen molar-refractivity contribution in [3.05, 3.63) is 29.0 Å². The van der Waals surface area contributed by atoms with Gasteiger partial charge in [-0.3, -0.25) is 0 Å². The van der Waals surface area contributed by atoms with Gasteiger partial charge >= 0.3 is 0 Å². The molecule has 1 saturated heterocycles. The number of halogens is 2. The molecule has 0 aromatic heterocycles. The Kier molecular flexibility index (Phi) is 4.42. The standard InChI is InChI=1S/C11H13ClFNO4S/c1-17-11-7-14(2-3-18-11)19(15,16)10-5-8(12)4-9(13)6-10/h4-6,11H,2-3,7H2,1H3/t11-/m1/s1. The van der Waals surface area contributed by atoms with Gasteiger partial charge in [0.2, 0.25) is 10.0 Å². The molecule has 0 bridgehead atoms. The van der Waals surface area contributed by atoms with Crippen molar-refractivity contribution in [3.63, 3.8) is 0 Å². The van der Waals surface area contributed by atoms with Crippen LogP contribution in [0.25, 0.3) is 0 Å². The van der Waals surface area contributed by atoms with Gasteiger partial charge in [0, 0.05) is 18.7 Å². The summed E-state index contributed by atoms with van der Waals surface area (Å²) in [5.41, 5.74) is 0. The third kappa shape index (κ3) is 3.24. The molecule has 5 nitrogen and oxygen atoms in total. The molecular weight excluding hydrogens is 297 g/mol. The highest BCUT2D eigenvalue weighted by Gasteiger charge is 2.31. The van der Waals surface area contributed by atoms with Crippen LogP contribution < -0.4 is 0 Å². The predicted octanol–water partition coefficient (Wildman–Crippen LogP) is 1.47. The highest BCUT2D eigenvalue weighted by Crippen LogP contribution is 2.23. The van der Waals surface area contributed by atoms with Gasteiger partial charge in [-0.25, -0.2) is 12.8 Å². The molecular formula is C11H13ClFNO4S. The van der Waals surface area contributed by atoms with Crippen molar-refractivity contribution in [1.29, 1.82) is 0 Å². The lowest BCUT2D eigenvalue weighted by Crippen LogP contribution is -2.46. The third-order valence-electron chi connectivity index (χ3n) is 2.73. The zero-order valence-corrected chi connectivity index (χ0v) is 11.7. The van der Waals surface area contributed by atoms with Crippen molar-refractivity contribution >= 4 is 21.6 Å². The molecule has 0 spiro atoms. The second-order valence-corrected chi connectivity index (χ2v) is 6.38. The summed E-state index contributed by atoms with van der Waals surface area (Å²) in [5, 5.41) is 0.0372. The number of nitrogens with zero attached hydrogens (tertiary/aromatic N) is 1. The average Bonchev–Trinajstić information content (AvgIpc) is 2.37. The van der Waals surface area contributed by atoms with E-state index in [0.29, 0.717) is 0 Å². The lowest BCUT2D eigenvalue weighted by atomic mass is 10.3. The third-order valence-corrected chi connectivity index (χ3v) is 4.79. The van der Waals surface area contributed by atoms with Crippen molar-refractivity contribution < 1.29 is 22.3 Å². The fraction of sp³-hybridized carbons (Fsp3) is 0.455. The van der Waals surface area contributed by atoms with Crippen LogP contribution in [-0.2, 0) is 19.5 Å². The highest BCUT2D eigenvalue weighted by atomic mass is 35.5. The summed E-state index contributed by atoms with van der Waals surface area (Å²) in [7, 11) is -2.37. The zero-order valence-electron chi connectivity index (χ0n) is 10.2. The number of methoxy groups -OCH3 is 1. The summed E-state index contributed by atoms with van der Waals surface area (Å²) in [4.78, 5) is -0.172. The fourth-order valence-corrected chi connectivity index (χ4v) is 3.54. The number of rotatable bonds is 3. The van der Waals surface area contributed by atoms with E-state index in [1.807, 2.05) is 0 Å². The van der Waals surface area contributed by atoms with Crippen LogP contribution in [0.3, 0.4) is 0 Å². The average molecular weight is 310 g/mol. The molecule has 8 heteroatoms. The van der Waals surface area contributed by atoms with Crippen LogP contribution in [-0.4, -0.2) is 45.8 Å². The first kappa shape index (κ1) is 14.7. The van der Waals surface area contributed by atoms with Gasteiger partial charge in [-0.05, 0) is 18.2 Å². The summed E-state index contributed by atoms with van der Waals surface area (Å²) in [6.45, 7) is 0.476. The van der Waals surface area contributed by atoms with Crippen molar-refractivity contribution in [1.82, 2.24) is 4.31 Å². The molecule has 1 aromatic rings. The van der Waals surface area contributed by atoms with E-state index in [0.717, 1.165) is 12.1 Å². The minimum Gasteiger partial charge on any atom is -0.354 e. The molecule has 1 aromatic carbocycles. The zero-order chi connectivity index (χ0) is 14.0. The summed E-state index contributed by atoms with van der Waals surface area (Å²) in [6.07, 6.45) is -0.618. The van der Waals surface area contributed by atoms with Gasteiger partial charge in [0.05, 0.1) is 18.0 Å². The predicted molar refractivity (Wildman–Crippen MR) is 66.9 cm³/mol. The van der Waals surface area contributed by atoms with Crippen molar-refractivity contribution in [3.8, 4) is 0 Å². The first-order valence-electron chi connectivity index (χ1n) is 5.54. The van der Waals surface area contributed by atoms with Crippen molar-refractivity contribution in [2.75, 3.05) is 26.8 Å². The second-order valence-electron chi connectivity index (χ2n) is 4.00. The number of hydrogen-bond donors (Lipinski definition) is 0. The smallest absolute Gasteiger partial charge is 0.243 e. The van der Waals surface area contributed by atoms with Gasteiger partial charge in [-0.2, -0.15) is 4.31 Å². The van der Waals surface area contributed by atoms with Crippen LogP contribution in [0.4, 0.5) is 4.39 Å². The molecule has 1 aliphatic heterocycles. The molecule has 0 aliphatic carbocycles. The Hall–Kier alpha value is -0.730. The van der Waals surface area contributed by atoms with E-state index in [2.05, 4.69) is 0 Å². The van der Waals surface area contributed by atoms with Gasteiger partial charge < -0.3 is 9.47 Å². The van der Waals surface area contributed by atoms with E-state index >= 15 is 0 Å². The molecule has 0 saturated carbocycles. The maximum atomic E-state index is 13.3. The van der Waals surface area contributed by atoms with E-state index in [9.17, 15) is 12.8 Å². The quantitative estimate of drug-likeness (QED) is 0.848. The number of sulfonamides is 1. The Morgan fingerprint density at radius 1 is 1.47 bits per heavy atom. The molecule has 106 valence electrons. The lowest BCUT2D eigenvalue weighted by Gasteiger charge is -2.31. The van der Waals surface area contributed by atoms with Gasteiger partial charge in [0.1, 0.15) is 5.82 Å². The Balaban J connectivity index is 2.31. The monoisotopic (exact) mass is 309 g/mol. The molecule has 1 heterocycles. The normalized spacial score (nSPS) is 21.5. The molecule has 0 amide bonds. The summed E-state index contributed by atoms with van der Waals surface area (Å²) in [6, 6.07) is 3.22. The molecule has 0 radical (unpaired) electrons. The SMILES string of the molecule is CO[C@H]1CN(S(=O)(=O)c2cc(F)cc(Cl)c2)CCO1. The summed E-state index contributed by atoms with van der Waals surface area (Å²) >= 11 is 5.68. The van der Waals surface area contributed by atoms with E-state index in [1.54, 1.807) is 0 Å². The van der Waals surface area contributed by atoms with Crippen LogP contribution in [0.2, 0.25) is 5.02 Å². The van der Waals surface area contributed by atoms with Crippen LogP contribution in [0.1, 0.15) is 0 Å². The number of benzene rings is 1. The minimum absolute atomic E-state index is 0.0372. The fourth-order valence-electron chi connectivity index (χ4n) is 1.78. The van der Waals surface area contributed by atoms with Crippen LogP contribution in [0, 0.1) is 5.82 Å². The van der Waals surface area contributed by atoms with E-state index in [4.69, 9.17) is 21.1 Å². The molecule has 1 aliphatic rings. The van der Waals surface area contributed by atoms with Crippen LogP contribution >= 0.6 is 11.6 Å². The van der Waals surface area contributed by atoms with Gasteiger partial charge in [-0.15, -0.1) is 0 Å². The number of morpholine rings is 1. The Morgan fingerprint density at radius 3 is 2.84 bits per heavy atom. The highest BCUT2D eigenvalue weighted by molar-refractivity contribution is 7.89. The first-order valence-corrected chi connectivity index (χ1v) is 7.36. The molecule has 0 unspecified atom stereocenters. The maximum Gasteiger partial charge on any atom is 0.243 e. The Bertz CT molecular complexity index is 546. The van der Waals surface area contributed by atoms with E-state index in [-0.39, 0.29) is 29.6 Å². The molecule has 19 heavy (non-hydrogen) atoms. The van der Waals surface area contributed by atoms with Crippen LogP contribution in [0.15, 0.2) is 23.1 Å². The summed E-state index contributed by atoms with van der Waals surface area (Å²) < 4.78 is 49.3. The van der Waals surface area contributed by atoms with Crippen LogP contribution in [0.5, 0.6) is 0 Å². The molecule has 2 rings (SSSR count). The number of hydrogen-bond acceptors (Lipinski definition) is 4. The first-order chi connectivity index (χ1) is 8.93. The minimum atomic E-state index is -3.80. The van der Waals surface area contributed by atoms with Crippen molar-refractivity contribution in [2.24, 2.45) is 0 Å². The lowest BCUT2D eigenvalue weighted by molar-refractivity contribution is -0.151. The van der Waals surface area contributed by atoms with Gasteiger partial charge in [-0.1, -0.05) is 11.6 Å².